The lowest BCUT2D eigenvalue weighted by molar-refractivity contribution is 0.479. The first-order valence-electron chi connectivity index (χ1n) is 15.7. The van der Waals surface area contributed by atoms with Crippen LogP contribution >= 0.6 is 0 Å². The summed E-state index contributed by atoms with van der Waals surface area (Å²) in [6, 6.07) is 55.9. The van der Waals surface area contributed by atoms with Crippen LogP contribution in [0.2, 0.25) is 0 Å². The molecule has 1 aromatic heterocycles. The number of ether oxygens (including phenoxy) is 1. The topological polar surface area (TPSA) is 23.4 Å². The summed E-state index contributed by atoms with van der Waals surface area (Å²) in [4.78, 5) is 0. The molecule has 0 aliphatic carbocycles. The highest BCUT2D eigenvalue weighted by Gasteiger charge is 2.40. The van der Waals surface area contributed by atoms with E-state index < -0.39 is 0 Å². The number of rotatable bonds is 3. The molecule has 0 radical (unpaired) electrons. The van der Waals surface area contributed by atoms with Gasteiger partial charge in [0.15, 0.2) is 0 Å². The van der Waals surface area contributed by atoms with Gasteiger partial charge in [-0.3, -0.25) is 0 Å². The molecule has 0 bridgehead atoms. The van der Waals surface area contributed by atoms with Crippen molar-refractivity contribution in [3.8, 4) is 56.3 Å². The van der Waals surface area contributed by atoms with Crippen molar-refractivity contribution >= 4 is 39.6 Å². The molecule has 0 N–H and O–H groups in total. The molecule has 46 heavy (non-hydrogen) atoms. The third-order valence-electron chi connectivity index (χ3n) is 9.48. The largest absolute Gasteiger partial charge is 0.551 e. The van der Waals surface area contributed by atoms with Gasteiger partial charge in [0.1, 0.15) is 17.2 Å². The second-order valence-corrected chi connectivity index (χ2v) is 12.1. The zero-order chi connectivity index (χ0) is 30.2. The Bertz CT molecular complexity index is 2440. The zero-order valence-electron chi connectivity index (χ0n) is 24.9. The highest BCUT2D eigenvalue weighted by atomic mass is 16.5. The minimum Gasteiger partial charge on any atom is -0.551 e. The second kappa shape index (κ2) is 9.75. The number of fused-ring (bicyclic) bond motifs is 7. The molecule has 4 heteroatoms. The summed E-state index contributed by atoms with van der Waals surface area (Å²) in [6.45, 7) is -0.240. The first kappa shape index (κ1) is 25.3. The highest BCUT2D eigenvalue weighted by molar-refractivity contribution is 6.84. The maximum atomic E-state index is 6.84. The second-order valence-electron chi connectivity index (χ2n) is 12.1. The maximum absolute atomic E-state index is 6.84. The van der Waals surface area contributed by atoms with Crippen LogP contribution in [-0.4, -0.2) is 11.5 Å². The van der Waals surface area contributed by atoms with E-state index in [0.717, 1.165) is 61.7 Å². The molecule has 2 aliphatic heterocycles. The Labute approximate surface area is 267 Å². The molecular formula is C42H26BNO2. The number of benzene rings is 7. The molecule has 3 nitrogen and oxygen atoms in total. The quantitative estimate of drug-likeness (QED) is 0.192. The van der Waals surface area contributed by atoms with Crippen molar-refractivity contribution in [3.05, 3.63) is 158 Å². The standard InChI is InChI=1S/C42H26BNO2/c1-2-10-27(11-3-1)30-21-23-40-36(26-30)43-42-34(16-9-19-41(42)45-40)35-25-29(20-22-39(35)46-43)28-12-8-13-31(24-28)44-37-17-6-4-14-32(37)33-15-5-7-18-38(33)44/h1-26H. The lowest BCUT2D eigenvalue weighted by atomic mass is 9.50. The molecule has 7 aromatic carbocycles. The van der Waals surface area contributed by atoms with Crippen LogP contribution in [0.5, 0.6) is 17.2 Å². The predicted molar refractivity (Wildman–Crippen MR) is 189 cm³/mol. The summed E-state index contributed by atoms with van der Waals surface area (Å²) < 4.78 is 15.7. The Morgan fingerprint density at radius 1 is 0.435 bits per heavy atom. The highest BCUT2D eigenvalue weighted by Crippen LogP contribution is 2.42. The van der Waals surface area contributed by atoms with Crippen LogP contribution in [0.3, 0.4) is 0 Å². The van der Waals surface area contributed by atoms with E-state index in [1.165, 1.54) is 27.4 Å². The molecule has 0 saturated carbocycles. The van der Waals surface area contributed by atoms with Gasteiger partial charge >= 0.3 is 6.92 Å². The van der Waals surface area contributed by atoms with E-state index in [0.29, 0.717) is 0 Å². The molecule has 10 rings (SSSR count). The number of hydrogen-bond acceptors (Lipinski definition) is 2. The van der Waals surface area contributed by atoms with Gasteiger partial charge in [-0.15, -0.1) is 0 Å². The van der Waals surface area contributed by atoms with Crippen molar-refractivity contribution in [2.24, 2.45) is 0 Å². The number of nitrogens with zero attached hydrogens (tertiary/aromatic N) is 1. The van der Waals surface area contributed by atoms with Crippen LogP contribution in [0.25, 0.3) is 60.9 Å². The van der Waals surface area contributed by atoms with E-state index in [-0.39, 0.29) is 6.92 Å². The van der Waals surface area contributed by atoms with Gasteiger partial charge in [0.2, 0.25) is 0 Å². The van der Waals surface area contributed by atoms with Gasteiger partial charge in [-0.05, 0) is 76.3 Å². The normalized spacial score (nSPS) is 12.7. The van der Waals surface area contributed by atoms with Crippen LogP contribution in [0.1, 0.15) is 0 Å². The third-order valence-corrected chi connectivity index (χ3v) is 9.48. The molecule has 8 aromatic rings. The van der Waals surface area contributed by atoms with Crippen LogP contribution < -0.4 is 20.3 Å². The molecule has 2 aliphatic rings. The van der Waals surface area contributed by atoms with E-state index >= 15 is 0 Å². The van der Waals surface area contributed by atoms with E-state index in [2.05, 4.69) is 150 Å². The van der Waals surface area contributed by atoms with Crippen LogP contribution in [0, 0.1) is 0 Å². The Hall–Kier alpha value is -6.00. The molecule has 3 heterocycles. The lowest BCUT2D eigenvalue weighted by Crippen LogP contribution is -2.53. The average molecular weight is 587 g/mol. The SMILES string of the molecule is c1ccc(-c2ccc3c(c2)B2Oc4ccc(-c5cccc(-n6c7ccccc7c7ccccc76)c5)cc4-c4cccc(c42)O3)cc1. The van der Waals surface area contributed by atoms with Gasteiger partial charge in [0.25, 0.3) is 0 Å². The van der Waals surface area contributed by atoms with Crippen molar-refractivity contribution in [3.63, 3.8) is 0 Å². The monoisotopic (exact) mass is 587 g/mol. The molecule has 0 atom stereocenters. The smallest absolute Gasteiger partial charge is 0.434 e. The number of aromatic nitrogens is 1. The summed E-state index contributed by atoms with van der Waals surface area (Å²) in [6.07, 6.45) is 0. The van der Waals surface area contributed by atoms with Gasteiger partial charge < -0.3 is 14.0 Å². The molecule has 0 spiro atoms. The van der Waals surface area contributed by atoms with Gasteiger partial charge in [-0.1, -0.05) is 109 Å². The van der Waals surface area contributed by atoms with Crippen molar-refractivity contribution in [1.82, 2.24) is 4.57 Å². The fraction of sp³-hybridized carbons (Fsp3) is 0. The first-order chi connectivity index (χ1) is 22.8. The van der Waals surface area contributed by atoms with Gasteiger partial charge in [0, 0.05) is 32.9 Å². The summed E-state index contributed by atoms with van der Waals surface area (Å²) in [5, 5.41) is 2.52. The van der Waals surface area contributed by atoms with E-state index in [4.69, 9.17) is 9.39 Å². The summed E-state index contributed by atoms with van der Waals surface area (Å²) in [7, 11) is 0. The molecule has 0 unspecified atom stereocenters. The van der Waals surface area contributed by atoms with Crippen molar-refractivity contribution in [1.29, 1.82) is 0 Å². The Kier molecular flexibility index (Phi) is 5.37. The molecule has 0 fully saturated rings. The summed E-state index contributed by atoms with van der Waals surface area (Å²) >= 11 is 0. The van der Waals surface area contributed by atoms with Crippen molar-refractivity contribution < 1.29 is 9.39 Å². The van der Waals surface area contributed by atoms with E-state index in [1.54, 1.807) is 0 Å². The first-order valence-corrected chi connectivity index (χ1v) is 15.7. The minimum atomic E-state index is -0.240. The number of hydrogen-bond donors (Lipinski definition) is 0. The lowest BCUT2D eigenvalue weighted by Gasteiger charge is -2.33. The van der Waals surface area contributed by atoms with Crippen LogP contribution in [0.15, 0.2) is 158 Å². The Balaban J connectivity index is 1.08. The number of para-hydroxylation sites is 2. The zero-order valence-corrected chi connectivity index (χ0v) is 24.9. The van der Waals surface area contributed by atoms with Crippen molar-refractivity contribution in [2.75, 3.05) is 0 Å². The third kappa shape index (κ3) is 3.74. The van der Waals surface area contributed by atoms with E-state index in [9.17, 15) is 0 Å². The van der Waals surface area contributed by atoms with Crippen molar-refractivity contribution in [2.45, 2.75) is 0 Å². The van der Waals surface area contributed by atoms with Gasteiger partial charge in [-0.25, -0.2) is 0 Å². The fourth-order valence-corrected chi connectivity index (χ4v) is 7.37. The Morgan fingerprint density at radius 2 is 1.09 bits per heavy atom. The predicted octanol–water partition coefficient (Wildman–Crippen LogP) is 9.39. The molecule has 214 valence electrons. The Morgan fingerprint density at radius 3 is 1.89 bits per heavy atom. The maximum Gasteiger partial charge on any atom is 0.434 e. The van der Waals surface area contributed by atoms with E-state index in [1.807, 2.05) is 12.1 Å². The van der Waals surface area contributed by atoms with Gasteiger partial charge in [0.05, 0.1) is 11.0 Å². The summed E-state index contributed by atoms with van der Waals surface area (Å²) in [5.74, 6) is 2.58. The molecular weight excluding hydrogens is 561 g/mol. The minimum absolute atomic E-state index is 0.240. The molecule has 0 saturated heterocycles. The fourth-order valence-electron chi connectivity index (χ4n) is 7.37. The van der Waals surface area contributed by atoms with Gasteiger partial charge in [-0.2, -0.15) is 0 Å². The summed E-state index contributed by atoms with van der Waals surface area (Å²) in [5.41, 5.74) is 12.5. The van der Waals surface area contributed by atoms with Crippen LogP contribution in [-0.2, 0) is 0 Å². The molecule has 0 amide bonds. The average Bonchev–Trinajstić information content (AvgIpc) is 3.46. The van der Waals surface area contributed by atoms with Crippen LogP contribution in [0.4, 0.5) is 0 Å².